The van der Waals surface area contributed by atoms with Crippen LogP contribution in [0.15, 0.2) is 30.3 Å². The second kappa shape index (κ2) is 8.92. The van der Waals surface area contributed by atoms with E-state index in [2.05, 4.69) is 15.8 Å². The molecule has 1 heterocycles. The molecule has 28 heavy (non-hydrogen) atoms. The third kappa shape index (κ3) is 5.59. The summed E-state index contributed by atoms with van der Waals surface area (Å²) < 4.78 is 44.8. The van der Waals surface area contributed by atoms with Gasteiger partial charge in [-0.3, -0.25) is 15.6 Å². The van der Waals surface area contributed by atoms with Crippen molar-refractivity contribution < 1.29 is 27.5 Å². The van der Waals surface area contributed by atoms with Crippen LogP contribution in [0, 0.1) is 6.92 Å². The highest BCUT2D eigenvalue weighted by Gasteiger charge is 2.38. The summed E-state index contributed by atoms with van der Waals surface area (Å²) in [5, 5.41) is 0.505. The Morgan fingerprint density at radius 2 is 1.86 bits per heavy atom. The number of nitrogens with zero attached hydrogens (tertiary/aromatic N) is 1. The molecular formula is C18H17ClF3N3O3. The highest BCUT2D eigenvalue weighted by Crippen LogP contribution is 2.35. The molecule has 0 bridgehead atoms. The molecule has 150 valence electrons. The zero-order valence-corrected chi connectivity index (χ0v) is 15.7. The van der Waals surface area contributed by atoms with Crippen LogP contribution in [0.2, 0.25) is 5.02 Å². The molecule has 2 aromatic rings. The van der Waals surface area contributed by atoms with Gasteiger partial charge in [-0.05, 0) is 37.6 Å². The molecule has 2 rings (SSSR count). The molecule has 0 spiro atoms. The zero-order chi connectivity index (χ0) is 20.9. The summed E-state index contributed by atoms with van der Waals surface area (Å²) in [5.41, 5.74) is 3.20. The fraction of sp³-hybridized carbons (Fsp3) is 0.278. The van der Waals surface area contributed by atoms with Crippen LogP contribution in [-0.4, -0.2) is 23.5 Å². The molecule has 1 aromatic carbocycles. The maximum atomic E-state index is 13.4. The smallest absolute Gasteiger partial charge is 0.417 e. The lowest BCUT2D eigenvalue weighted by molar-refractivity contribution is -0.138. The first-order valence-electron chi connectivity index (χ1n) is 8.17. The van der Waals surface area contributed by atoms with Gasteiger partial charge in [0.25, 0.3) is 0 Å². The number of esters is 1. The average Bonchev–Trinajstić information content (AvgIpc) is 2.61. The fourth-order valence-electron chi connectivity index (χ4n) is 2.36. The summed E-state index contributed by atoms with van der Waals surface area (Å²) >= 11 is 5.77. The summed E-state index contributed by atoms with van der Waals surface area (Å²) in [7, 11) is 0. The predicted molar refractivity (Wildman–Crippen MR) is 96.9 cm³/mol. The number of nitrogens with one attached hydrogen (secondary N) is 2. The Morgan fingerprint density at radius 1 is 1.21 bits per heavy atom. The summed E-state index contributed by atoms with van der Waals surface area (Å²) in [6, 6.07) is 7.23. The quantitative estimate of drug-likeness (QED) is 0.552. The highest BCUT2D eigenvalue weighted by molar-refractivity contribution is 6.30. The van der Waals surface area contributed by atoms with Gasteiger partial charge in [0, 0.05) is 10.7 Å². The highest BCUT2D eigenvalue weighted by atomic mass is 35.5. The number of ether oxygens (including phenoxy) is 1. The summed E-state index contributed by atoms with van der Waals surface area (Å²) in [6.07, 6.45) is -4.86. The van der Waals surface area contributed by atoms with Crippen molar-refractivity contribution in [2.45, 2.75) is 26.4 Å². The van der Waals surface area contributed by atoms with E-state index in [0.29, 0.717) is 10.6 Å². The van der Waals surface area contributed by atoms with Gasteiger partial charge in [-0.1, -0.05) is 23.7 Å². The Hall–Kier alpha value is -2.81. The lowest BCUT2D eigenvalue weighted by atomic mass is 10.1. The number of alkyl halides is 3. The van der Waals surface area contributed by atoms with Crippen LogP contribution >= 0.6 is 11.6 Å². The molecule has 10 heteroatoms. The molecule has 0 fully saturated rings. The normalized spacial score (nSPS) is 11.1. The van der Waals surface area contributed by atoms with Gasteiger partial charge in [-0.25, -0.2) is 9.78 Å². The largest absolute Gasteiger partial charge is 0.462 e. The number of pyridine rings is 1. The van der Waals surface area contributed by atoms with Gasteiger partial charge in [0.2, 0.25) is 5.91 Å². The molecule has 1 aromatic heterocycles. The van der Waals surface area contributed by atoms with Gasteiger partial charge in [0.05, 0.1) is 18.6 Å². The number of hydrazine groups is 1. The number of carbonyl (C=O) groups is 2. The molecule has 6 nitrogen and oxygen atoms in total. The molecule has 0 unspecified atom stereocenters. The minimum Gasteiger partial charge on any atom is -0.462 e. The average molecular weight is 416 g/mol. The fourth-order valence-corrected chi connectivity index (χ4v) is 2.48. The number of rotatable bonds is 6. The molecule has 0 aliphatic rings. The van der Waals surface area contributed by atoms with Gasteiger partial charge < -0.3 is 4.74 Å². The molecule has 2 N–H and O–H groups in total. The van der Waals surface area contributed by atoms with E-state index in [0.717, 1.165) is 6.07 Å². The van der Waals surface area contributed by atoms with Gasteiger partial charge in [-0.15, -0.1) is 0 Å². The molecule has 0 saturated heterocycles. The van der Waals surface area contributed by atoms with Crippen LogP contribution in [0.4, 0.5) is 19.0 Å². The first kappa shape index (κ1) is 21.5. The van der Waals surface area contributed by atoms with Crippen molar-refractivity contribution in [1.29, 1.82) is 0 Å². The lowest BCUT2D eigenvalue weighted by Crippen LogP contribution is -2.33. The van der Waals surface area contributed by atoms with Crippen molar-refractivity contribution in [3.8, 4) is 0 Å². The Labute approximate surface area is 164 Å². The van der Waals surface area contributed by atoms with E-state index in [1.54, 1.807) is 24.3 Å². The Balaban J connectivity index is 2.25. The van der Waals surface area contributed by atoms with Crippen molar-refractivity contribution >= 4 is 29.3 Å². The maximum absolute atomic E-state index is 13.4. The minimum absolute atomic E-state index is 0.00910. The first-order chi connectivity index (χ1) is 13.1. The van der Waals surface area contributed by atoms with E-state index in [1.165, 1.54) is 13.8 Å². The third-order valence-electron chi connectivity index (χ3n) is 3.53. The standard InChI is InChI=1S/C18H17ClF3N3O3/c1-3-28-17(27)15-13(18(20,21)22)8-10(2)23-16(15)25-24-14(26)9-11-4-6-12(19)7-5-11/h4-8H,3,9H2,1-2H3,(H,23,25)(H,24,26). The Bertz CT molecular complexity index is 871. The number of amides is 1. The Kier molecular flexibility index (Phi) is 6.85. The number of halogens is 4. The summed E-state index contributed by atoms with van der Waals surface area (Å²) in [4.78, 5) is 28.1. The van der Waals surface area contributed by atoms with E-state index in [9.17, 15) is 22.8 Å². The predicted octanol–water partition coefficient (Wildman–Crippen LogP) is 3.92. The van der Waals surface area contributed by atoms with Crippen molar-refractivity contribution in [2.24, 2.45) is 0 Å². The van der Waals surface area contributed by atoms with Crippen LogP contribution in [-0.2, 0) is 22.1 Å². The van der Waals surface area contributed by atoms with Crippen LogP contribution in [0.3, 0.4) is 0 Å². The van der Waals surface area contributed by atoms with Crippen molar-refractivity contribution in [2.75, 3.05) is 12.0 Å². The van der Waals surface area contributed by atoms with Gasteiger partial charge in [-0.2, -0.15) is 13.2 Å². The topological polar surface area (TPSA) is 80.3 Å². The van der Waals surface area contributed by atoms with Crippen LogP contribution in [0.25, 0.3) is 0 Å². The first-order valence-corrected chi connectivity index (χ1v) is 8.55. The van der Waals surface area contributed by atoms with E-state index < -0.39 is 35.0 Å². The lowest BCUT2D eigenvalue weighted by Gasteiger charge is -2.17. The molecule has 0 aliphatic carbocycles. The van der Waals surface area contributed by atoms with E-state index in [-0.39, 0.29) is 18.7 Å². The van der Waals surface area contributed by atoms with Gasteiger partial charge in [0.1, 0.15) is 5.56 Å². The second-order valence-corrected chi connectivity index (χ2v) is 6.17. The van der Waals surface area contributed by atoms with Crippen molar-refractivity contribution in [3.05, 3.63) is 57.7 Å². The Morgan fingerprint density at radius 3 is 2.43 bits per heavy atom. The van der Waals surface area contributed by atoms with Gasteiger partial charge >= 0.3 is 12.1 Å². The molecule has 0 saturated carbocycles. The zero-order valence-electron chi connectivity index (χ0n) is 15.0. The van der Waals surface area contributed by atoms with Crippen molar-refractivity contribution in [3.63, 3.8) is 0 Å². The summed E-state index contributed by atoms with van der Waals surface area (Å²) in [6.45, 7) is 2.69. The number of carbonyl (C=O) groups excluding carboxylic acids is 2. The number of anilines is 1. The molecule has 1 amide bonds. The summed E-state index contributed by atoms with van der Waals surface area (Å²) in [5.74, 6) is -2.19. The molecule has 0 radical (unpaired) electrons. The van der Waals surface area contributed by atoms with Gasteiger partial charge in [0.15, 0.2) is 5.82 Å². The monoisotopic (exact) mass is 415 g/mol. The van der Waals surface area contributed by atoms with E-state index >= 15 is 0 Å². The number of hydrogen-bond donors (Lipinski definition) is 2. The molecule has 0 atom stereocenters. The number of aromatic nitrogens is 1. The third-order valence-corrected chi connectivity index (χ3v) is 3.78. The minimum atomic E-state index is -4.81. The molecule has 0 aliphatic heterocycles. The van der Waals surface area contributed by atoms with E-state index in [4.69, 9.17) is 16.3 Å². The maximum Gasteiger partial charge on any atom is 0.417 e. The van der Waals surface area contributed by atoms with Crippen LogP contribution < -0.4 is 10.9 Å². The number of aryl methyl sites for hydroxylation is 1. The SMILES string of the molecule is CCOC(=O)c1c(C(F)(F)F)cc(C)nc1NNC(=O)Cc1ccc(Cl)cc1. The van der Waals surface area contributed by atoms with Crippen LogP contribution in [0.5, 0.6) is 0 Å². The second-order valence-electron chi connectivity index (χ2n) is 5.73. The number of hydrogen-bond acceptors (Lipinski definition) is 5. The number of benzene rings is 1. The molecular weight excluding hydrogens is 399 g/mol. The van der Waals surface area contributed by atoms with Crippen molar-refractivity contribution in [1.82, 2.24) is 10.4 Å². The van der Waals surface area contributed by atoms with Crippen LogP contribution in [0.1, 0.15) is 34.1 Å². The van der Waals surface area contributed by atoms with E-state index in [1.807, 2.05) is 0 Å².